The van der Waals surface area contributed by atoms with E-state index in [0.29, 0.717) is 11.2 Å². The topological polar surface area (TPSA) is 80.5 Å². The fraction of sp³-hybridized carbons (Fsp3) is 0. The van der Waals surface area contributed by atoms with Crippen LogP contribution in [0.4, 0.5) is 10.3 Å². The zero-order valence-corrected chi connectivity index (χ0v) is 8.68. The zero-order chi connectivity index (χ0) is 11.8. The van der Waals surface area contributed by atoms with Gasteiger partial charge in [0.25, 0.3) is 0 Å². The molecule has 0 radical (unpaired) electrons. The Morgan fingerprint density at radius 1 is 1.24 bits per heavy atom. The summed E-state index contributed by atoms with van der Waals surface area (Å²) in [5.41, 5.74) is 7.51. The highest BCUT2D eigenvalue weighted by atomic mass is 19.1. The first-order chi connectivity index (χ1) is 8.24. The highest BCUT2D eigenvalue weighted by molar-refractivity contribution is 5.92. The summed E-state index contributed by atoms with van der Waals surface area (Å²) in [5.74, 6) is -0.243. The van der Waals surface area contributed by atoms with Crippen molar-refractivity contribution < 1.29 is 4.39 Å². The number of nitrogens with two attached hydrogens (primary N) is 1. The Balaban J connectivity index is 2.38. The molecular formula is C11H8FN5. The molecule has 0 saturated carbocycles. The first-order valence-corrected chi connectivity index (χ1v) is 4.96. The van der Waals surface area contributed by atoms with Gasteiger partial charge in [0.1, 0.15) is 5.82 Å². The van der Waals surface area contributed by atoms with E-state index in [0.717, 1.165) is 10.9 Å². The van der Waals surface area contributed by atoms with Gasteiger partial charge in [-0.3, -0.25) is 5.10 Å². The molecule has 0 spiro atoms. The number of H-pyrrole nitrogens is 1. The fourth-order valence-electron chi connectivity index (χ4n) is 1.72. The first kappa shape index (κ1) is 9.71. The predicted octanol–water partition coefficient (Wildman–Crippen LogP) is 1.74. The van der Waals surface area contributed by atoms with Gasteiger partial charge in [-0.25, -0.2) is 14.4 Å². The average molecular weight is 229 g/mol. The van der Waals surface area contributed by atoms with Crippen LogP contribution in [0.15, 0.2) is 30.6 Å². The molecule has 0 atom stereocenters. The van der Waals surface area contributed by atoms with Crippen LogP contribution in [0, 0.1) is 5.82 Å². The average Bonchev–Trinajstić information content (AvgIpc) is 2.80. The van der Waals surface area contributed by atoms with Crippen molar-refractivity contribution in [2.45, 2.75) is 0 Å². The van der Waals surface area contributed by atoms with Gasteiger partial charge in [0, 0.05) is 23.2 Å². The van der Waals surface area contributed by atoms with E-state index in [1.165, 1.54) is 12.1 Å². The van der Waals surface area contributed by atoms with Gasteiger partial charge in [-0.1, -0.05) is 0 Å². The van der Waals surface area contributed by atoms with Crippen molar-refractivity contribution in [3.05, 3.63) is 36.4 Å². The molecule has 0 bridgehead atoms. The molecule has 0 aliphatic rings. The number of nitrogen functional groups attached to an aromatic ring is 1. The second-order valence-electron chi connectivity index (χ2n) is 3.58. The van der Waals surface area contributed by atoms with Gasteiger partial charge in [-0.15, -0.1) is 0 Å². The quantitative estimate of drug-likeness (QED) is 0.666. The third kappa shape index (κ3) is 1.59. The number of hydrogen-bond donors (Lipinski definition) is 2. The minimum absolute atomic E-state index is 0.110. The van der Waals surface area contributed by atoms with Crippen molar-refractivity contribution in [2.24, 2.45) is 0 Å². The van der Waals surface area contributed by atoms with Crippen molar-refractivity contribution in [1.29, 1.82) is 0 Å². The molecule has 0 aliphatic heterocycles. The Morgan fingerprint density at radius 3 is 2.88 bits per heavy atom. The fourth-order valence-corrected chi connectivity index (χ4v) is 1.72. The second-order valence-corrected chi connectivity index (χ2v) is 3.58. The monoisotopic (exact) mass is 229 g/mol. The summed E-state index contributed by atoms with van der Waals surface area (Å²) < 4.78 is 13.1. The van der Waals surface area contributed by atoms with Gasteiger partial charge in [-0.2, -0.15) is 5.10 Å². The van der Waals surface area contributed by atoms with Crippen molar-refractivity contribution in [1.82, 2.24) is 20.2 Å². The van der Waals surface area contributed by atoms with Gasteiger partial charge < -0.3 is 5.73 Å². The molecule has 0 fully saturated rings. The van der Waals surface area contributed by atoms with E-state index < -0.39 is 0 Å². The molecule has 2 aromatic heterocycles. The number of anilines is 1. The Morgan fingerprint density at radius 2 is 2.12 bits per heavy atom. The van der Waals surface area contributed by atoms with Gasteiger partial charge in [0.2, 0.25) is 5.95 Å². The first-order valence-electron chi connectivity index (χ1n) is 4.96. The third-order valence-electron chi connectivity index (χ3n) is 2.45. The molecule has 0 amide bonds. The van der Waals surface area contributed by atoms with E-state index in [2.05, 4.69) is 20.2 Å². The van der Waals surface area contributed by atoms with Crippen LogP contribution < -0.4 is 5.73 Å². The van der Waals surface area contributed by atoms with Crippen LogP contribution in [0.2, 0.25) is 0 Å². The molecular weight excluding hydrogens is 221 g/mol. The summed E-state index contributed by atoms with van der Waals surface area (Å²) in [6, 6.07) is 4.33. The lowest BCUT2D eigenvalue weighted by Crippen LogP contribution is -1.98. The third-order valence-corrected chi connectivity index (χ3v) is 2.45. The van der Waals surface area contributed by atoms with Crippen molar-refractivity contribution in [3.63, 3.8) is 0 Å². The zero-order valence-electron chi connectivity index (χ0n) is 8.68. The summed E-state index contributed by atoms with van der Waals surface area (Å²) >= 11 is 0. The predicted molar refractivity (Wildman–Crippen MR) is 61.5 cm³/mol. The maximum absolute atomic E-state index is 13.1. The van der Waals surface area contributed by atoms with E-state index in [1.54, 1.807) is 18.5 Å². The molecule has 3 N–H and O–H groups in total. The maximum Gasteiger partial charge on any atom is 0.221 e. The standard InChI is InChI=1S/C11H8FN5/c12-7-1-2-8-9(3-7)16-11(13)17-10(8)6-4-14-15-5-6/h1-5H,(H,14,15)(H2,13,16,17). The van der Waals surface area contributed by atoms with E-state index in [1.807, 2.05) is 0 Å². The molecule has 0 unspecified atom stereocenters. The molecule has 1 aromatic carbocycles. The molecule has 5 nitrogen and oxygen atoms in total. The molecule has 3 aromatic rings. The van der Waals surface area contributed by atoms with E-state index in [-0.39, 0.29) is 11.8 Å². The number of fused-ring (bicyclic) bond motifs is 1. The molecule has 3 rings (SSSR count). The number of aromatic amines is 1. The smallest absolute Gasteiger partial charge is 0.221 e. The Bertz CT molecular complexity index is 672. The van der Waals surface area contributed by atoms with Crippen LogP contribution >= 0.6 is 0 Å². The molecule has 2 heterocycles. The lowest BCUT2D eigenvalue weighted by Gasteiger charge is -2.04. The van der Waals surface area contributed by atoms with E-state index in [4.69, 9.17) is 5.73 Å². The lowest BCUT2D eigenvalue weighted by atomic mass is 10.1. The number of nitrogens with one attached hydrogen (secondary N) is 1. The van der Waals surface area contributed by atoms with Crippen LogP contribution in [0.3, 0.4) is 0 Å². The molecule has 17 heavy (non-hydrogen) atoms. The SMILES string of the molecule is Nc1nc(-c2cn[nH]c2)c2ccc(F)cc2n1. The van der Waals surface area contributed by atoms with Gasteiger partial charge in [0.05, 0.1) is 17.4 Å². The highest BCUT2D eigenvalue weighted by Crippen LogP contribution is 2.26. The number of nitrogens with zero attached hydrogens (tertiary/aromatic N) is 3. The summed E-state index contributed by atoms with van der Waals surface area (Å²) in [6.07, 6.45) is 3.33. The number of rotatable bonds is 1. The van der Waals surface area contributed by atoms with Gasteiger partial charge in [-0.05, 0) is 12.1 Å². The molecule has 0 saturated heterocycles. The van der Waals surface area contributed by atoms with Crippen LogP contribution in [0.1, 0.15) is 0 Å². The largest absolute Gasteiger partial charge is 0.368 e. The van der Waals surface area contributed by atoms with Crippen LogP contribution in [-0.2, 0) is 0 Å². The number of benzene rings is 1. The normalized spacial score (nSPS) is 10.9. The maximum atomic E-state index is 13.1. The minimum Gasteiger partial charge on any atom is -0.368 e. The molecule has 84 valence electrons. The highest BCUT2D eigenvalue weighted by Gasteiger charge is 2.09. The number of aromatic nitrogens is 4. The summed E-state index contributed by atoms with van der Waals surface area (Å²) in [4.78, 5) is 8.16. The van der Waals surface area contributed by atoms with E-state index >= 15 is 0 Å². The number of halogens is 1. The second kappa shape index (κ2) is 3.51. The van der Waals surface area contributed by atoms with Crippen LogP contribution in [0.5, 0.6) is 0 Å². The summed E-state index contributed by atoms with van der Waals surface area (Å²) in [6.45, 7) is 0. The number of hydrogen-bond acceptors (Lipinski definition) is 4. The Hall–Kier alpha value is -2.50. The minimum atomic E-state index is -0.353. The van der Waals surface area contributed by atoms with E-state index in [9.17, 15) is 4.39 Å². The van der Waals surface area contributed by atoms with Crippen molar-refractivity contribution in [2.75, 3.05) is 5.73 Å². The van der Waals surface area contributed by atoms with Crippen LogP contribution in [-0.4, -0.2) is 20.2 Å². The summed E-state index contributed by atoms with van der Waals surface area (Å²) in [7, 11) is 0. The van der Waals surface area contributed by atoms with Crippen molar-refractivity contribution in [3.8, 4) is 11.3 Å². The Labute approximate surface area is 95.5 Å². The lowest BCUT2D eigenvalue weighted by molar-refractivity contribution is 0.629. The Kier molecular flexibility index (Phi) is 2.01. The summed E-state index contributed by atoms with van der Waals surface area (Å²) in [5, 5.41) is 7.29. The van der Waals surface area contributed by atoms with Crippen LogP contribution in [0.25, 0.3) is 22.2 Å². The molecule has 6 heteroatoms. The molecule has 0 aliphatic carbocycles. The van der Waals surface area contributed by atoms with Gasteiger partial charge in [0.15, 0.2) is 0 Å². The van der Waals surface area contributed by atoms with Gasteiger partial charge >= 0.3 is 0 Å². The van der Waals surface area contributed by atoms with Crippen molar-refractivity contribution >= 4 is 16.9 Å².